The molecule has 0 heterocycles. The molecule has 6 rings (SSSR count). The molecule has 215 valence electrons. The van der Waals surface area contributed by atoms with Crippen LogP contribution >= 0.6 is 39.8 Å². The fourth-order valence-corrected chi connectivity index (χ4v) is 8.97. The van der Waals surface area contributed by atoms with Crippen LogP contribution in [0.2, 0.25) is 0 Å². The molecule has 0 unspecified atom stereocenters. The van der Waals surface area contributed by atoms with E-state index in [1.807, 2.05) is 0 Å². The number of rotatable bonds is 6. The zero-order valence-electron chi connectivity index (χ0n) is 23.0. The van der Waals surface area contributed by atoms with Crippen LogP contribution in [0.3, 0.4) is 0 Å². The Morgan fingerprint density at radius 1 is 0.238 bits per heavy atom. The fourth-order valence-electron chi connectivity index (χ4n) is 4.36. The molecule has 6 aromatic rings. The number of benzene rings is 6. The smallest absolute Gasteiger partial charge is 0 e. The molecule has 0 amide bonds. The van der Waals surface area contributed by atoms with Gasteiger partial charge < -0.3 is 11.0 Å². The predicted molar refractivity (Wildman–Crippen MR) is 193 cm³/mol. The third kappa shape index (κ3) is 10.3. The summed E-state index contributed by atoms with van der Waals surface area (Å²) in [6.07, 6.45) is 0. The minimum Gasteiger partial charge on any atom is -0.412 e. The fraction of sp³-hybridized carbons (Fsp3) is 0. The van der Waals surface area contributed by atoms with E-state index in [1.54, 1.807) is 0 Å². The van der Waals surface area contributed by atoms with E-state index in [0.717, 1.165) is 0 Å². The second-order valence-electron chi connectivity index (χ2n) is 8.68. The molecule has 1 radical (unpaired) electrons. The molecule has 0 aliphatic rings. The molecule has 0 saturated carbocycles. The molecular formula is C36H35IO2P2Re. The van der Waals surface area contributed by atoms with Gasteiger partial charge >= 0.3 is 0 Å². The molecule has 6 aromatic carbocycles. The summed E-state index contributed by atoms with van der Waals surface area (Å²) in [5, 5.41) is 8.39. The third-order valence-corrected chi connectivity index (χ3v) is 11.0. The second kappa shape index (κ2) is 20.4. The van der Waals surface area contributed by atoms with Gasteiger partial charge in [-0.25, -0.2) is 0 Å². The zero-order valence-corrected chi connectivity index (χ0v) is 29.8. The van der Waals surface area contributed by atoms with Gasteiger partial charge in [-0.1, -0.05) is 182 Å². The van der Waals surface area contributed by atoms with E-state index in [0.29, 0.717) is 0 Å². The molecule has 4 N–H and O–H groups in total. The minimum absolute atomic E-state index is 0. The number of hydrogen-bond donors (Lipinski definition) is 0. The van der Waals surface area contributed by atoms with E-state index in [9.17, 15) is 0 Å². The van der Waals surface area contributed by atoms with Crippen molar-refractivity contribution in [3.63, 3.8) is 0 Å². The van der Waals surface area contributed by atoms with Crippen molar-refractivity contribution < 1.29 is 31.4 Å². The van der Waals surface area contributed by atoms with Crippen LogP contribution in [-0.2, 0) is 20.4 Å². The van der Waals surface area contributed by atoms with Crippen LogP contribution in [0.1, 0.15) is 0 Å². The number of hydrogen-bond acceptors (Lipinski definition) is 0. The van der Waals surface area contributed by atoms with Crippen molar-refractivity contribution in [2.24, 2.45) is 0 Å². The average molecular weight is 875 g/mol. The molecule has 0 bridgehead atoms. The Kier molecular flexibility index (Phi) is 18.2. The van der Waals surface area contributed by atoms with Crippen molar-refractivity contribution in [3.8, 4) is 0 Å². The largest absolute Gasteiger partial charge is 0.412 e. The molecule has 0 saturated heterocycles. The van der Waals surface area contributed by atoms with Gasteiger partial charge in [0.05, 0.1) is 0 Å². The standard InChI is InChI=1S/2C18H15P.HI.2H2O.Re/c2*1-4-10-16(11-5-1)19(17-12-6-2-7-13-17)18-14-8-3-9-15-18;;;;/h2*1-15H;1H;2*1H2;. The van der Waals surface area contributed by atoms with Gasteiger partial charge in [-0.2, -0.15) is 0 Å². The van der Waals surface area contributed by atoms with Gasteiger partial charge in [0.1, 0.15) is 0 Å². The zero-order chi connectivity index (χ0) is 25.8. The van der Waals surface area contributed by atoms with Crippen molar-refractivity contribution in [1.82, 2.24) is 0 Å². The van der Waals surface area contributed by atoms with Crippen molar-refractivity contribution >= 4 is 71.6 Å². The molecule has 0 spiro atoms. The Balaban J connectivity index is 0.000000383. The Hall–Kier alpha value is -2.51. The van der Waals surface area contributed by atoms with Crippen LogP contribution in [0.4, 0.5) is 0 Å². The average Bonchev–Trinajstić information content (AvgIpc) is 3.01. The number of halogens is 1. The predicted octanol–water partition coefficient (Wildman–Crippen LogP) is 5.86. The maximum atomic E-state index is 2.23. The van der Waals surface area contributed by atoms with Gasteiger partial charge in [-0.3, -0.25) is 0 Å². The van der Waals surface area contributed by atoms with Crippen molar-refractivity contribution in [3.05, 3.63) is 182 Å². The molecule has 2 nitrogen and oxygen atoms in total. The molecule has 42 heavy (non-hydrogen) atoms. The molecule has 0 atom stereocenters. The quantitative estimate of drug-likeness (QED) is 0.149. The maximum absolute atomic E-state index is 2.23. The van der Waals surface area contributed by atoms with Crippen molar-refractivity contribution in [2.45, 2.75) is 0 Å². The van der Waals surface area contributed by atoms with Crippen LogP contribution in [0.15, 0.2) is 182 Å². The first-order valence-corrected chi connectivity index (χ1v) is 15.5. The Morgan fingerprint density at radius 3 is 0.476 bits per heavy atom. The van der Waals surface area contributed by atoms with Gasteiger partial charge in [0.15, 0.2) is 0 Å². The van der Waals surface area contributed by atoms with E-state index in [1.165, 1.54) is 31.8 Å². The summed E-state index contributed by atoms with van der Waals surface area (Å²) >= 11 is 0. The molecule has 6 heteroatoms. The van der Waals surface area contributed by atoms with E-state index in [-0.39, 0.29) is 55.4 Å². The monoisotopic (exact) mass is 875 g/mol. The topological polar surface area (TPSA) is 63.0 Å². The minimum atomic E-state index is -0.446. The van der Waals surface area contributed by atoms with Crippen LogP contribution in [0.5, 0.6) is 0 Å². The summed E-state index contributed by atoms with van der Waals surface area (Å²) < 4.78 is 0. The summed E-state index contributed by atoms with van der Waals surface area (Å²) in [5.41, 5.74) is 0. The van der Waals surface area contributed by atoms with Gasteiger partial charge in [-0.05, 0) is 47.7 Å². The first-order chi connectivity index (χ1) is 18.9. The first-order valence-electron chi connectivity index (χ1n) is 12.8. The third-order valence-electron chi connectivity index (χ3n) is 6.09. The van der Waals surface area contributed by atoms with Gasteiger partial charge in [0.25, 0.3) is 0 Å². The van der Waals surface area contributed by atoms with Crippen molar-refractivity contribution in [2.75, 3.05) is 0 Å². The first kappa shape index (κ1) is 37.5. The van der Waals surface area contributed by atoms with E-state index in [2.05, 4.69) is 182 Å². The SMILES string of the molecule is I.O.O.[Re].c1ccc(P(c2ccccc2)c2ccccc2)cc1.c1ccc(P(c2ccccc2)c2ccccc2)cc1. The van der Waals surface area contributed by atoms with Crippen LogP contribution in [0, 0.1) is 0 Å². The summed E-state index contributed by atoms with van der Waals surface area (Å²) in [5.74, 6) is 0. The van der Waals surface area contributed by atoms with Crippen molar-refractivity contribution in [1.29, 1.82) is 0 Å². The maximum Gasteiger partial charge on any atom is 0 e. The molecular weight excluding hydrogens is 839 g/mol. The second-order valence-corrected chi connectivity index (χ2v) is 13.1. The van der Waals surface area contributed by atoms with Crippen LogP contribution in [0.25, 0.3) is 0 Å². The molecule has 0 aromatic heterocycles. The summed E-state index contributed by atoms with van der Waals surface area (Å²) in [6.45, 7) is 0. The van der Waals surface area contributed by atoms with E-state index in [4.69, 9.17) is 0 Å². The Labute approximate surface area is 283 Å². The van der Waals surface area contributed by atoms with Gasteiger partial charge in [0, 0.05) is 20.4 Å². The van der Waals surface area contributed by atoms with E-state index < -0.39 is 15.8 Å². The Bertz CT molecular complexity index is 1190. The summed E-state index contributed by atoms with van der Waals surface area (Å²) in [4.78, 5) is 0. The Morgan fingerprint density at radius 2 is 0.357 bits per heavy atom. The van der Waals surface area contributed by atoms with Crippen LogP contribution in [-0.4, -0.2) is 11.0 Å². The molecule has 0 aliphatic heterocycles. The normalized spacial score (nSPS) is 9.57. The van der Waals surface area contributed by atoms with Crippen LogP contribution < -0.4 is 31.8 Å². The van der Waals surface area contributed by atoms with E-state index >= 15 is 0 Å². The van der Waals surface area contributed by atoms with Gasteiger partial charge in [0.2, 0.25) is 0 Å². The summed E-state index contributed by atoms with van der Waals surface area (Å²) in [6, 6.07) is 64.7. The van der Waals surface area contributed by atoms with Gasteiger partial charge in [-0.15, -0.1) is 24.0 Å². The molecule has 0 fully saturated rings. The molecule has 0 aliphatic carbocycles. The summed E-state index contributed by atoms with van der Waals surface area (Å²) in [7, 11) is -0.892.